The van der Waals surface area contributed by atoms with E-state index in [1.165, 1.54) is 37.7 Å². The average Bonchev–Trinajstić information content (AvgIpc) is 2.86. The van der Waals surface area contributed by atoms with Crippen LogP contribution in [0.15, 0.2) is 18.5 Å². The van der Waals surface area contributed by atoms with Crippen LogP contribution in [0.4, 0.5) is 0 Å². The predicted molar refractivity (Wildman–Crippen MR) is 73.1 cm³/mol. The number of rotatable bonds is 3. The fourth-order valence-corrected chi connectivity index (χ4v) is 5.71. The molecule has 98 valence electrons. The normalized spacial score (nSPS) is 43.3. The van der Waals surface area contributed by atoms with Gasteiger partial charge >= 0.3 is 0 Å². The second kappa shape index (κ2) is 4.12. The van der Waals surface area contributed by atoms with E-state index >= 15 is 0 Å². The van der Waals surface area contributed by atoms with Crippen molar-refractivity contribution in [3.63, 3.8) is 0 Å². The van der Waals surface area contributed by atoms with Crippen molar-refractivity contribution in [1.29, 1.82) is 0 Å². The zero-order valence-corrected chi connectivity index (χ0v) is 11.0. The van der Waals surface area contributed by atoms with Gasteiger partial charge in [-0.2, -0.15) is 0 Å². The molecule has 4 fully saturated rings. The monoisotopic (exact) mass is 244 g/mol. The van der Waals surface area contributed by atoms with E-state index in [9.17, 15) is 0 Å². The third-order valence-corrected chi connectivity index (χ3v) is 6.07. The molecule has 0 saturated heterocycles. The summed E-state index contributed by atoms with van der Waals surface area (Å²) in [5.41, 5.74) is 7.58. The Hall–Kier alpha value is -0.760. The van der Waals surface area contributed by atoms with Crippen LogP contribution in [0.5, 0.6) is 0 Å². The van der Waals surface area contributed by atoms with Gasteiger partial charge in [0, 0.05) is 18.3 Å². The summed E-state index contributed by atoms with van der Waals surface area (Å²) in [6, 6.07) is 2.24. The van der Waals surface area contributed by atoms with Crippen molar-refractivity contribution in [1.82, 2.24) is 4.98 Å². The van der Waals surface area contributed by atoms with E-state index in [1.54, 1.807) is 0 Å². The van der Waals surface area contributed by atoms with Crippen molar-refractivity contribution in [3.8, 4) is 0 Å². The molecule has 1 atom stereocenters. The third kappa shape index (κ3) is 1.58. The quantitative estimate of drug-likeness (QED) is 0.842. The van der Waals surface area contributed by atoms with Crippen molar-refractivity contribution in [3.05, 3.63) is 24.0 Å². The molecule has 18 heavy (non-hydrogen) atoms. The highest BCUT2D eigenvalue weighted by molar-refractivity contribution is 5.19. The fourth-order valence-electron chi connectivity index (χ4n) is 5.71. The van der Waals surface area contributed by atoms with Crippen LogP contribution < -0.4 is 5.73 Å². The molecule has 5 rings (SSSR count). The molecular formula is C16H24N2. The largest absolute Gasteiger partial charge is 0.367 e. The minimum absolute atomic E-state index is 0.603. The summed E-state index contributed by atoms with van der Waals surface area (Å²) in [7, 11) is 0. The number of hydrogen-bond donors (Lipinski definition) is 2. The topological polar surface area (TPSA) is 41.8 Å². The molecule has 4 saturated carbocycles. The second-order valence-corrected chi connectivity index (χ2v) is 6.99. The Morgan fingerprint density at radius 3 is 2.28 bits per heavy atom. The third-order valence-electron chi connectivity index (χ3n) is 6.07. The molecule has 2 nitrogen and oxygen atoms in total. The maximum absolute atomic E-state index is 6.13. The van der Waals surface area contributed by atoms with Crippen LogP contribution in [0.1, 0.15) is 43.6 Å². The van der Waals surface area contributed by atoms with Gasteiger partial charge in [0.25, 0.3) is 0 Å². The van der Waals surface area contributed by atoms with Gasteiger partial charge in [0.05, 0.1) is 0 Å². The van der Waals surface area contributed by atoms with Gasteiger partial charge in [0.1, 0.15) is 0 Å². The van der Waals surface area contributed by atoms with Gasteiger partial charge in [-0.3, -0.25) is 0 Å². The SMILES string of the molecule is NCC(c1cc[nH]c1)C1C2CC3CC(C2)CC1C3. The maximum Gasteiger partial charge on any atom is 0.00407 e. The smallest absolute Gasteiger partial charge is 0.00407 e. The van der Waals surface area contributed by atoms with E-state index < -0.39 is 0 Å². The van der Waals surface area contributed by atoms with Crippen molar-refractivity contribution in [2.75, 3.05) is 6.54 Å². The van der Waals surface area contributed by atoms with Crippen LogP contribution in [0, 0.1) is 29.6 Å². The molecule has 4 bridgehead atoms. The number of H-pyrrole nitrogens is 1. The van der Waals surface area contributed by atoms with Gasteiger partial charge in [-0.05, 0) is 79.9 Å². The number of nitrogens with two attached hydrogens (primary N) is 1. The minimum atomic E-state index is 0.603. The van der Waals surface area contributed by atoms with Crippen molar-refractivity contribution < 1.29 is 0 Å². The van der Waals surface area contributed by atoms with Crippen LogP contribution in [-0.4, -0.2) is 11.5 Å². The fraction of sp³-hybridized carbons (Fsp3) is 0.750. The van der Waals surface area contributed by atoms with Crippen LogP contribution in [0.3, 0.4) is 0 Å². The van der Waals surface area contributed by atoms with E-state index in [0.29, 0.717) is 5.92 Å². The first-order chi connectivity index (χ1) is 8.85. The molecule has 1 aromatic heterocycles. The van der Waals surface area contributed by atoms with Crippen LogP contribution in [0.2, 0.25) is 0 Å². The Labute approximate surface area is 109 Å². The molecule has 1 unspecified atom stereocenters. The van der Waals surface area contributed by atoms with E-state index in [4.69, 9.17) is 5.73 Å². The maximum atomic E-state index is 6.13. The van der Waals surface area contributed by atoms with Crippen molar-refractivity contribution in [2.24, 2.45) is 35.3 Å². The molecule has 0 amide bonds. The predicted octanol–water partition coefficient (Wildman–Crippen LogP) is 3.13. The summed E-state index contributed by atoms with van der Waals surface area (Å²) in [5, 5.41) is 0. The first-order valence-corrected chi connectivity index (χ1v) is 7.68. The van der Waals surface area contributed by atoms with E-state index in [2.05, 4.69) is 17.2 Å². The molecule has 1 heterocycles. The summed E-state index contributed by atoms with van der Waals surface area (Å²) in [6.07, 6.45) is 11.8. The lowest BCUT2D eigenvalue weighted by Crippen LogP contribution is -2.48. The summed E-state index contributed by atoms with van der Waals surface area (Å²) in [5.74, 6) is 5.56. The average molecular weight is 244 g/mol. The lowest BCUT2D eigenvalue weighted by atomic mass is 9.49. The number of aromatic nitrogens is 1. The molecule has 0 aliphatic heterocycles. The Morgan fingerprint density at radius 1 is 1.11 bits per heavy atom. The molecule has 2 heteroatoms. The highest BCUT2D eigenvalue weighted by atomic mass is 14.7. The summed E-state index contributed by atoms with van der Waals surface area (Å²) in [6.45, 7) is 0.824. The first kappa shape index (κ1) is 11.1. The number of nitrogens with one attached hydrogen (secondary N) is 1. The highest BCUT2D eigenvalue weighted by Gasteiger charge is 2.50. The second-order valence-electron chi connectivity index (χ2n) is 6.99. The minimum Gasteiger partial charge on any atom is -0.367 e. The van der Waals surface area contributed by atoms with Gasteiger partial charge in [-0.15, -0.1) is 0 Å². The summed E-state index contributed by atoms with van der Waals surface area (Å²) >= 11 is 0. The Kier molecular flexibility index (Phi) is 2.54. The molecule has 0 radical (unpaired) electrons. The van der Waals surface area contributed by atoms with E-state index in [0.717, 1.165) is 36.1 Å². The molecule has 0 aromatic carbocycles. The Morgan fingerprint density at radius 2 is 1.78 bits per heavy atom. The first-order valence-electron chi connectivity index (χ1n) is 7.68. The molecule has 0 spiro atoms. The van der Waals surface area contributed by atoms with Crippen LogP contribution in [0.25, 0.3) is 0 Å². The van der Waals surface area contributed by atoms with Gasteiger partial charge in [-0.1, -0.05) is 0 Å². The van der Waals surface area contributed by atoms with Crippen molar-refractivity contribution >= 4 is 0 Å². The molecule has 1 aromatic rings. The Balaban J connectivity index is 1.64. The van der Waals surface area contributed by atoms with E-state index in [-0.39, 0.29) is 0 Å². The molecular weight excluding hydrogens is 220 g/mol. The van der Waals surface area contributed by atoms with Gasteiger partial charge < -0.3 is 10.7 Å². The molecule has 4 aliphatic carbocycles. The van der Waals surface area contributed by atoms with Crippen molar-refractivity contribution in [2.45, 2.75) is 38.0 Å². The number of hydrogen-bond acceptors (Lipinski definition) is 1. The zero-order valence-electron chi connectivity index (χ0n) is 11.0. The number of aromatic amines is 1. The standard InChI is InChI=1S/C16H24N2/c17-8-15(12-1-2-18-9-12)16-13-4-10-3-11(6-13)7-14(16)5-10/h1-2,9-11,13-16,18H,3-8,17H2. The van der Waals surface area contributed by atoms with E-state index in [1.807, 2.05) is 6.20 Å². The lowest BCUT2D eigenvalue weighted by Gasteiger charge is -2.56. The zero-order chi connectivity index (χ0) is 12.1. The van der Waals surface area contributed by atoms with Crippen LogP contribution >= 0.6 is 0 Å². The Bertz CT molecular complexity index is 381. The van der Waals surface area contributed by atoms with Gasteiger partial charge in [0.2, 0.25) is 0 Å². The molecule has 4 aliphatic rings. The molecule has 3 N–H and O–H groups in total. The highest BCUT2D eigenvalue weighted by Crippen LogP contribution is 2.59. The van der Waals surface area contributed by atoms with Crippen LogP contribution in [-0.2, 0) is 0 Å². The summed E-state index contributed by atoms with van der Waals surface area (Å²) in [4.78, 5) is 3.21. The summed E-state index contributed by atoms with van der Waals surface area (Å²) < 4.78 is 0. The lowest BCUT2D eigenvalue weighted by molar-refractivity contribution is -0.0467. The van der Waals surface area contributed by atoms with Gasteiger partial charge in [0.15, 0.2) is 0 Å². The van der Waals surface area contributed by atoms with Gasteiger partial charge in [-0.25, -0.2) is 0 Å².